The number of aromatic nitrogens is 2. The Morgan fingerprint density at radius 3 is 1.17 bits per heavy atom. The fourth-order valence-electron chi connectivity index (χ4n) is 5.46. The van der Waals surface area contributed by atoms with Gasteiger partial charge in [0.2, 0.25) is 0 Å². The average molecular weight is 564 g/mol. The van der Waals surface area contributed by atoms with E-state index in [4.69, 9.17) is 9.97 Å². The van der Waals surface area contributed by atoms with Crippen LogP contribution in [0.5, 0.6) is 0 Å². The highest BCUT2D eigenvalue weighted by Crippen LogP contribution is 2.26. The van der Waals surface area contributed by atoms with E-state index in [0.717, 1.165) is 61.8 Å². The molecule has 0 fully saturated rings. The number of rotatable bonds is 12. The number of benzene rings is 2. The summed E-state index contributed by atoms with van der Waals surface area (Å²) in [5.41, 5.74) is 14.8. The minimum absolute atomic E-state index is 1.01. The topological polar surface area (TPSA) is 35.5 Å². The lowest BCUT2D eigenvalue weighted by Crippen LogP contribution is -2.28. The third-order valence-corrected chi connectivity index (χ3v) is 8.89. The molecular weight excluding hydrogens is 514 g/mol. The van der Waals surface area contributed by atoms with Gasteiger partial charge in [-0.2, -0.15) is 0 Å². The van der Waals surface area contributed by atoms with Crippen molar-refractivity contribution in [3.05, 3.63) is 94.3 Å². The summed E-state index contributed by atoms with van der Waals surface area (Å²) in [6, 6.07) is 17.6. The molecule has 42 heavy (non-hydrogen) atoms. The lowest BCUT2D eigenvalue weighted by Gasteiger charge is -2.23. The minimum atomic E-state index is 1.01. The van der Waals surface area contributed by atoms with Crippen LogP contribution in [0.2, 0.25) is 0 Å². The van der Waals surface area contributed by atoms with E-state index in [1.54, 1.807) is 0 Å². The maximum atomic E-state index is 4.78. The molecule has 0 saturated heterocycles. The first-order valence-corrected chi connectivity index (χ1v) is 15.2. The molecule has 0 saturated carbocycles. The van der Waals surface area contributed by atoms with E-state index in [2.05, 4.69) is 126 Å². The standard InChI is InChI=1S/C37H49N5/c1-26-20-32(21-27(2)30(26)5)36-14-12-34(24-38-36)41(8)18-10-16-40(7)17-11-19-42(9)35-13-15-37(39-25-35)33-22-28(3)31(6)29(4)23-33/h12-15,20-25H,10-11,16-19H2,1-9H3. The maximum absolute atomic E-state index is 4.78. The average Bonchev–Trinajstić information content (AvgIpc) is 2.98. The van der Waals surface area contributed by atoms with E-state index in [1.807, 2.05) is 12.4 Å². The van der Waals surface area contributed by atoms with Gasteiger partial charge in [0.05, 0.1) is 35.2 Å². The molecule has 0 spiro atoms. The molecular formula is C37H49N5. The van der Waals surface area contributed by atoms with E-state index in [1.165, 1.54) is 44.5 Å². The highest BCUT2D eigenvalue weighted by atomic mass is 15.1. The normalized spacial score (nSPS) is 11.3. The number of pyridine rings is 2. The molecule has 0 unspecified atom stereocenters. The summed E-state index contributed by atoms with van der Waals surface area (Å²) in [5, 5.41) is 0. The molecule has 5 nitrogen and oxygen atoms in total. The van der Waals surface area contributed by atoms with Crippen molar-refractivity contribution < 1.29 is 0 Å². The predicted octanol–water partition coefficient (Wildman–Crippen LogP) is 7.95. The van der Waals surface area contributed by atoms with E-state index in [-0.39, 0.29) is 0 Å². The second kappa shape index (κ2) is 14.0. The first kappa shape index (κ1) is 31.2. The summed E-state index contributed by atoms with van der Waals surface area (Å²) in [6.45, 7) is 17.2. The number of hydrogen-bond acceptors (Lipinski definition) is 5. The van der Waals surface area contributed by atoms with Crippen LogP contribution in [0.25, 0.3) is 22.5 Å². The zero-order chi connectivity index (χ0) is 30.4. The van der Waals surface area contributed by atoms with E-state index < -0.39 is 0 Å². The fraction of sp³-hybridized carbons (Fsp3) is 0.405. The Bertz CT molecular complexity index is 1310. The van der Waals surface area contributed by atoms with E-state index in [9.17, 15) is 0 Å². The molecule has 0 N–H and O–H groups in total. The Labute approximate surface area is 254 Å². The van der Waals surface area contributed by atoms with Crippen LogP contribution in [0.1, 0.15) is 46.2 Å². The van der Waals surface area contributed by atoms with Gasteiger partial charge in [0.1, 0.15) is 0 Å². The molecule has 0 aliphatic heterocycles. The SMILES string of the molecule is Cc1cc(-c2ccc(N(C)CCCN(C)CCCN(C)c3ccc(-c4cc(C)c(C)c(C)c4)nc3)cn2)cc(C)c1C. The molecule has 0 amide bonds. The van der Waals surface area contributed by atoms with Crippen molar-refractivity contribution in [2.45, 2.75) is 54.4 Å². The van der Waals surface area contributed by atoms with Crippen LogP contribution >= 0.6 is 0 Å². The smallest absolute Gasteiger partial charge is 0.0703 e. The number of nitrogens with zero attached hydrogens (tertiary/aromatic N) is 5. The molecule has 0 atom stereocenters. The van der Waals surface area contributed by atoms with Crippen molar-refractivity contribution in [3.8, 4) is 22.5 Å². The van der Waals surface area contributed by atoms with Crippen LogP contribution in [-0.2, 0) is 0 Å². The van der Waals surface area contributed by atoms with Crippen molar-refractivity contribution in [3.63, 3.8) is 0 Å². The van der Waals surface area contributed by atoms with Crippen LogP contribution < -0.4 is 9.80 Å². The summed E-state index contributed by atoms with van der Waals surface area (Å²) in [6.07, 6.45) is 6.24. The summed E-state index contributed by atoms with van der Waals surface area (Å²) >= 11 is 0. The van der Waals surface area contributed by atoms with Crippen LogP contribution in [0, 0.1) is 41.5 Å². The Morgan fingerprint density at radius 2 is 0.857 bits per heavy atom. The lowest BCUT2D eigenvalue weighted by molar-refractivity contribution is 0.327. The lowest BCUT2D eigenvalue weighted by atomic mass is 9.99. The largest absolute Gasteiger partial charge is 0.373 e. The molecule has 5 heteroatoms. The fourth-order valence-corrected chi connectivity index (χ4v) is 5.46. The zero-order valence-corrected chi connectivity index (χ0v) is 27.3. The van der Waals surface area contributed by atoms with Gasteiger partial charge in [-0.25, -0.2) is 0 Å². The summed E-state index contributed by atoms with van der Waals surface area (Å²) < 4.78 is 0. The van der Waals surface area contributed by atoms with Gasteiger partial charge in [-0.15, -0.1) is 0 Å². The van der Waals surface area contributed by atoms with Crippen molar-refractivity contribution in [1.29, 1.82) is 0 Å². The maximum Gasteiger partial charge on any atom is 0.0703 e. The summed E-state index contributed by atoms with van der Waals surface area (Å²) in [4.78, 5) is 16.6. The summed E-state index contributed by atoms with van der Waals surface area (Å²) in [5.74, 6) is 0. The van der Waals surface area contributed by atoms with Gasteiger partial charge in [-0.05, 0) is 156 Å². The molecule has 0 aliphatic carbocycles. The van der Waals surface area contributed by atoms with Crippen LogP contribution in [-0.4, -0.2) is 62.2 Å². The molecule has 222 valence electrons. The van der Waals surface area contributed by atoms with Gasteiger partial charge in [-0.3, -0.25) is 9.97 Å². The molecule has 0 bridgehead atoms. The third kappa shape index (κ3) is 7.77. The molecule has 2 aromatic heterocycles. The second-order valence-electron chi connectivity index (χ2n) is 12.1. The molecule has 2 heterocycles. The van der Waals surface area contributed by atoms with Crippen molar-refractivity contribution in [1.82, 2.24) is 14.9 Å². The second-order valence-corrected chi connectivity index (χ2v) is 12.1. The van der Waals surface area contributed by atoms with E-state index in [0.29, 0.717) is 0 Å². The van der Waals surface area contributed by atoms with Crippen molar-refractivity contribution in [2.75, 3.05) is 57.1 Å². The van der Waals surface area contributed by atoms with Gasteiger partial charge in [0.25, 0.3) is 0 Å². The Kier molecular flexibility index (Phi) is 10.4. The molecule has 4 rings (SSSR count). The van der Waals surface area contributed by atoms with Gasteiger partial charge in [-0.1, -0.05) is 0 Å². The van der Waals surface area contributed by atoms with Crippen LogP contribution in [0.15, 0.2) is 60.9 Å². The Balaban J connectivity index is 1.18. The first-order chi connectivity index (χ1) is 20.0. The number of hydrogen-bond donors (Lipinski definition) is 0. The van der Waals surface area contributed by atoms with E-state index >= 15 is 0 Å². The molecule has 0 aliphatic rings. The monoisotopic (exact) mass is 563 g/mol. The molecule has 0 radical (unpaired) electrons. The van der Waals surface area contributed by atoms with Gasteiger partial charge >= 0.3 is 0 Å². The third-order valence-electron chi connectivity index (χ3n) is 8.89. The Morgan fingerprint density at radius 1 is 0.500 bits per heavy atom. The van der Waals surface area contributed by atoms with Gasteiger partial charge < -0.3 is 14.7 Å². The quantitative estimate of drug-likeness (QED) is 0.175. The van der Waals surface area contributed by atoms with Crippen molar-refractivity contribution in [2.24, 2.45) is 0 Å². The van der Waals surface area contributed by atoms with Crippen LogP contribution in [0.3, 0.4) is 0 Å². The first-order valence-electron chi connectivity index (χ1n) is 15.2. The highest BCUT2D eigenvalue weighted by molar-refractivity contribution is 5.65. The highest BCUT2D eigenvalue weighted by Gasteiger charge is 2.09. The summed E-state index contributed by atoms with van der Waals surface area (Å²) in [7, 11) is 6.54. The number of anilines is 2. The van der Waals surface area contributed by atoms with Gasteiger partial charge in [0, 0.05) is 38.3 Å². The van der Waals surface area contributed by atoms with Crippen LogP contribution in [0.4, 0.5) is 11.4 Å². The number of aryl methyl sites for hydroxylation is 4. The zero-order valence-electron chi connectivity index (χ0n) is 27.3. The molecule has 4 aromatic rings. The predicted molar refractivity (Wildman–Crippen MR) is 181 cm³/mol. The van der Waals surface area contributed by atoms with Gasteiger partial charge in [0.15, 0.2) is 0 Å². The minimum Gasteiger partial charge on any atom is -0.373 e. The Hall–Kier alpha value is -3.70. The molecule has 2 aromatic carbocycles. The van der Waals surface area contributed by atoms with Crippen molar-refractivity contribution >= 4 is 11.4 Å².